The van der Waals surface area contributed by atoms with E-state index in [9.17, 15) is 4.39 Å². The van der Waals surface area contributed by atoms with Crippen LogP contribution in [-0.4, -0.2) is 30.1 Å². The van der Waals surface area contributed by atoms with Gasteiger partial charge in [0.1, 0.15) is 5.82 Å². The van der Waals surface area contributed by atoms with Crippen LogP contribution in [0.2, 0.25) is 0 Å². The van der Waals surface area contributed by atoms with Crippen molar-refractivity contribution in [3.63, 3.8) is 0 Å². The average Bonchev–Trinajstić information content (AvgIpc) is 2.88. The summed E-state index contributed by atoms with van der Waals surface area (Å²) in [6, 6.07) is 6.80. The summed E-state index contributed by atoms with van der Waals surface area (Å²) in [5, 5.41) is 6.49. The minimum absolute atomic E-state index is 0. The Bertz CT molecular complexity index is 476. The molecule has 1 aromatic carbocycles. The quantitative estimate of drug-likeness (QED) is 0.443. The molecule has 3 nitrogen and oxygen atoms in total. The van der Waals surface area contributed by atoms with Gasteiger partial charge in [0.25, 0.3) is 0 Å². The molecular weight excluding hydrogens is 400 g/mol. The highest BCUT2D eigenvalue weighted by Gasteiger charge is 2.29. The van der Waals surface area contributed by atoms with E-state index >= 15 is 0 Å². The molecule has 0 bridgehead atoms. The number of hydrogen-bond donors (Lipinski definition) is 2. The molecule has 1 aliphatic rings. The van der Waals surface area contributed by atoms with Crippen LogP contribution < -0.4 is 10.6 Å². The van der Waals surface area contributed by atoms with Crippen LogP contribution in [0.4, 0.5) is 4.39 Å². The predicted octanol–water partition coefficient (Wildman–Crippen LogP) is 3.39. The van der Waals surface area contributed by atoms with E-state index in [2.05, 4.69) is 22.5 Å². The number of aliphatic imine (C=N–C) groups is 1. The summed E-state index contributed by atoms with van der Waals surface area (Å²) in [4.78, 5) is 4.19. The van der Waals surface area contributed by atoms with Crippen LogP contribution in [-0.2, 0) is 6.54 Å². The first-order valence-electron chi connectivity index (χ1n) is 6.95. The molecule has 0 radical (unpaired) electrons. The molecule has 0 saturated carbocycles. The Morgan fingerprint density at radius 3 is 2.76 bits per heavy atom. The van der Waals surface area contributed by atoms with Crippen molar-refractivity contribution in [2.24, 2.45) is 4.99 Å². The summed E-state index contributed by atoms with van der Waals surface area (Å²) in [6.07, 6.45) is 2.51. The summed E-state index contributed by atoms with van der Waals surface area (Å²) in [5.74, 6) is 1.77. The van der Waals surface area contributed by atoms with Crippen molar-refractivity contribution in [1.29, 1.82) is 0 Å². The van der Waals surface area contributed by atoms with Gasteiger partial charge in [0.2, 0.25) is 0 Å². The lowest BCUT2D eigenvalue weighted by molar-refractivity contribution is 0.581. The number of hydrogen-bond acceptors (Lipinski definition) is 2. The number of thioether (sulfide) groups is 1. The van der Waals surface area contributed by atoms with Crippen LogP contribution in [0.25, 0.3) is 0 Å². The minimum atomic E-state index is -0.186. The molecule has 1 unspecified atom stereocenters. The number of guanidine groups is 1. The predicted molar refractivity (Wildman–Crippen MR) is 100 cm³/mol. The van der Waals surface area contributed by atoms with Gasteiger partial charge in [-0.3, -0.25) is 4.99 Å². The highest BCUT2D eigenvalue weighted by atomic mass is 127. The first kappa shape index (κ1) is 18.5. The fourth-order valence-electron chi connectivity index (χ4n) is 2.29. The third-order valence-electron chi connectivity index (χ3n) is 3.56. The smallest absolute Gasteiger partial charge is 0.191 e. The second-order valence-electron chi connectivity index (χ2n) is 5.27. The fraction of sp³-hybridized carbons (Fsp3) is 0.533. The summed E-state index contributed by atoms with van der Waals surface area (Å²) in [6.45, 7) is 3.60. The standard InChI is InChI=1S/C15H22FN3S.HI/c1-15(8-5-9-20-15)11-19-14(17-2)18-10-12-6-3-4-7-13(12)16;/h3-4,6-7H,5,8-11H2,1-2H3,(H2,17,18,19);1H. The second-order valence-corrected chi connectivity index (χ2v) is 6.96. The molecule has 1 aliphatic heterocycles. The molecule has 2 N–H and O–H groups in total. The summed E-state index contributed by atoms with van der Waals surface area (Å²) in [7, 11) is 1.74. The van der Waals surface area contributed by atoms with Crippen LogP contribution in [0.1, 0.15) is 25.3 Å². The number of rotatable bonds is 4. The largest absolute Gasteiger partial charge is 0.355 e. The Kier molecular flexibility index (Phi) is 7.79. The highest BCUT2D eigenvalue weighted by molar-refractivity contribution is 14.0. The minimum Gasteiger partial charge on any atom is -0.355 e. The topological polar surface area (TPSA) is 36.4 Å². The molecule has 0 aliphatic carbocycles. The molecule has 0 aromatic heterocycles. The molecule has 1 atom stereocenters. The lowest BCUT2D eigenvalue weighted by Crippen LogP contribution is -2.43. The molecule has 1 aromatic rings. The SMILES string of the molecule is CN=C(NCc1ccccc1F)NCC1(C)CCCS1.I. The zero-order valence-electron chi connectivity index (χ0n) is 12.5. The van der Waals surface area contributed by atoms with Gasteiger partial charge in [0.05, 0.1) is 0 Å². The van der Waals surface area contributed by atoms with E-state index in [1.807, 2.05) is 17.8 Å². The highest BCUT2D eigenvalue weighted by Crippen LogP contribution is 2.36. The maximum atomic E-state index is 13.5. The van der Waals surface area contributed by atoms with Gasteiger partial charge in [-0.2, -0.15) is 11.8 Å². The van der Waals surface area contributed by atoms with Gasteiger partial charge in [0, 0.05) is 30.4 Å². The zero-order chi connectivity index (χ0) is 14.4. The van der Waals surface area contributed by atoms with Crippen molar-refractivity contribution in [3.8, 4) is 0 Å². The molecule has 1 saturated heterocycles. The van der Waals surface area contributed by atoms with Crippen LogP contribution in [0.5, 0.6) is 0 Å². The van der Waals surface area contributed by atoms with Crippen molar-refractivity contribution in [1.82, 2.24) is 10.6 Å². The van der Waals surface area contributed by atoms with Crippen molar-refractivity contribution < 1.29 is 4.39 Å². The van der Waals surface area contributed by atoms with Crippen LogP contribution >= 0.6 is 35.7 Å². The van der Waals surface area contributed by atoms with E-state index in [-0.39, 0.29) is 34.5 Å². The van der Waals surface area contributed by atoms with Crippen LogP contribution in [0, 0.1) is 5.82 Å². The molecule has 1 fully saturated rings. The molecule has 118 valence electrons. The van der Waals surface area contributed by atoms with Crippen molar-refractivity contribution in [2.45, 2.75) is 31.1 Å². The Hall–Kier alpha value is -0.500. The Labute approximate surface area is 147 Å². The molecule has 2 rings (SSSR count). The number of benzene rings is 1. The molecule has 0 spiro atoms. The zero-order valence-corrected chi connectivity index (χ0v) is 15.6. The van der Waals surface area contributed by atoms with Gasteiger partial charge in [0.15, 0.2) is 5.96 Å². The van der Waals surface area contributed by atoms with E-state index < -0.39 is 0 Å². The van der Waals surface area contributed by atoms with Gasteiger partial charge in [-0.15, -0.1) is 24.0 Å². The van der Waals surface area contributed by atoms with Gasteiger partial charge >= 0.3 is 0 Å². The van der Waals surface area contributed by atoms with E-state index in [1.54, 1.807) is 19.2 Å². The molecule has 6 heteroatoms. The van der Waals surface area contributed by atoms with Gasteiger partial charge in [-0.05, 0) is 31.6 Å². The van der Waals surface area contributed by atoms with Gasteiger partial charge < -0.3 is 10.6 Å². The van der Waals surface area contributed by atoms with Crippen molar-refractivity contribution >= 4 is 41.7 Å². The summed E-state index contributed by atoms with van der Waals surface area (Å²) in [5.41, 5.74) is 0.650. The monoisotopic (exact) mass is 423 g/mol. The summed E-state index contributed by atoms with van der Waals surface area (Å²) >= 11 is 2.01. The lowest BCUT2D eigenvalue weighted by atomic mass is 10.1. The fourth-order valence-corrected chi connectivity index (χ4v) is 3.53. The number of halogens is 2. The van der Waals surface area contributed by atoms with Gasteiger partial charge in [-0.1, -0.05) is 18.2 Å². The van der Waals surface area contributed by atoms with Gasteiger partial charge in [-0.25, -0.2) is 4.39 Å². The third-order valence-corrected chi connectivity index (χ3v) is 5.10. The van der Waals surface area contributed by atoms with Crippen LogP contribution in [0.15, 0.2) is 29.3 Å². The summed E-state index contributed by atoms with van der Waals surface area (Å²) < 4.78 is 13.8. The Balaban J connectivity index is 0.00000220. The normalized spacial score (nSPS) is 21.8. The van der Waals surface area contributed by atoms with E-state index in [1.165, 1.54) is 24.7 Å². The lowest BCUT2D eigenvalue weighted by Gasteiger charge is -2.24. The van der Waals surface area contributed by atoms with Crippen molar-refractivity contribution in [2.75, 3.05) is 19.3 Å². The van der Waals surface area contributed by atoms with E-state index in [0.717, 1.165) is 12.5 Å². The third kappa shape index (κ3) is 5.65. The maximum Gasteiger partial charge on any atom is 0.191 e. The molecule has 0 amide bonds. The van der Waals surface area contributed by atoms with Crippen LogP contribution in [0.3, 0.4) is 0 Å². The Morgan fingerprint density at radius 2 is 2.14 bits per heavy atom. The second kappa shape index (κ2) is 8.82. The first-order chi connectivity index (χ1) is 9.63. The Morgan fingerprint density at radius 1 is 1.38 bits per heavy atom. The van der Waals surface area contributed by atoms with Crippen molar-refractivity contribution in [3.05, 3.63) is 35.6 Å². The average molecular weight is 423 g/mol. The molecular formula is C15H23FIN3S. The molecule has 21 heavy (non-hydrogen) atoms. The maximum absolute atomic E-state index is 13.5. The molecule has 1 heterocycles. The number of nitrogens with zero attached hydrogens (tertiary/aromatic N) is 1. The van der Waals surface area contributed by atoms with E-state index in [0.29, 0.717) is 12.1 Å². The van der Waals surface area contributed by atoms with E-state index in [4.69, 9.17) is 0 Å². The first-order valence-corrected chi connectivity index (χ1v) is 7.93. The number of nitrogens with one attached hydrogen (secondary N) is 2.